The highest BCUT2D eigenvalue weighted by atomic mass is 32.2. The van der Waals surface area contributed by atoms with Gasteiger partial charge in [-0.1, -0.05) is 18.2 Å². The van der Waals surface area contributed by atoms with E-state index in [0.717, 1.165) is 18.0 Å². The largest absolute Gasteiger partial charge is 0.573 e. The SMILES string of the molecule is O=S(=O)(NC1CCN(c2ccccn2)C1)c1ccccc1OC(F)(F)F. The monoisotopic (exact) mass is 387 g/mol. The zero-order chi connectivity index (χ0) is 18.8. The zero-order valence-electron chi connectivity index (χ0n) is 13.5. The standard InChI is InChI=1S/C16H16F3N3O3S/c17-16(18,19)25-13-5-1-2-6-14(13)26(23,24)21-12-8-10-22(11-12)15-7-3-4-9-20-15/h1-7,9,12,21H,8,10-11H2. The van der Waals surface area contributed by atoms with Crippen LogP contribution < -0.4 is 14.4 Å². The van der Waals surface area contributed by atoms with Crippen LogP contribution in [0.25, 0.3) is 0 Å². The Bertz CT molecular complexity index is 860. The maximum absolute atomic E-state index is 12.5. The van der Waals surface area contributed by atoms with Gasteiger partial charge in [-0.05, 0) is 30.7 Å². The summed E-state index contributed by atoms with van der Waals surface area (Å²) in [4.78, 5) is 5.57. The highest BCUT2D eigenvalue weighted by Gasteiger charge is 2.35. The van der Waals surface area contributed by atoms with Crippen LogP contribution in [0.15, 0.2) is 53.6 Å². The molecule has 0 bridgehead atoms. The number of nitrogens with one attached hydrogen (secondary N) is 1. The van der Waals surface area contributed by atoms with E-state index in [2.05, 4.69) is 14.4 Å². The minimum Gasteiger partial charge on any atom is -0.404 e. The number of halogens is 3. The van der Waals surface area contributed by atoms with Gasteiger partial charge in [0, 0.05) is 25.3 Å². The fourth-order valence-corrected chi connectivity index (χ4v) is 4.16. The molecular weight excluding hydrogens is 371 g/mol. The van der Waals surface area contributed by atoms with Gasteiger partial charge >= 0.3 is 6.36 Å². The van der Waals surface area contributed by atoms with Crippen molar-refractivity contribution in [2.24, 2.45) is 0 Å². The molecule has 1 saturated heterocycles. The van der Waals surface area contributed by atoms with Gasteiger partial charge in [-0.25, -0.2) is 18.1 Å². The van der Waals surface area contributed by atoms with Gasteiger partial charge in [0.15, 0.2) is 0 Å². The van der Waals surface area contributed by atoms with E-state index in [0.29, 0.717) is 19.5 Å². The Hall–Kier alpha value is -2.33. The van der Waals surface area contributed by atoms with Gasteiger partial charge in [0.1, 0.15) is 16.5 Å². The molecule has 0 amide bonds. The van der Waals surface area contributed by atoms with Crippen LogP contribution in [0.3, 0.4) is 0 Å². The lowest BCUT2D eigenvalue weighted by Crippen LogP contribution is -2.37. The summed E-state index contributed by atoms with van der Waals surface area (Å²) in [7, 11) is -4.17. The summed E-state index contributed by atoms with van der Waals surface area (Å²) < 4.78 is 68.9. The van der Waals surface area contributed by atoms with Crippen molar-refractivity contribution in [1.29, 1.82) is 0 Å². The summed E-state index contributed by atoms with van der Waals surface area (Å²) in [6.45, 7) is 0.962. The van der Waals surface area contributed by atoms with Gasteiger partial charge in [0.05, 0.1) is 0 Å². The molecule has 140 valence electrons. The second-order valence-corrected chi connectivity index (χ2v) is 7.42. The topological polar surface area (TPSA) is 71.5 Å². The van der Waals surface area contributed by atoms with Crippen LogP contribution in [0.2, 0.25) is 0 Å². The van der Waals surface area contributed by atoms with Gasteiger partial charge in [0.2, 0.25) is 10.0 Å². The number of alkyl halides is 3. The van der Waals surface area contributed by atoms with E-state index < -0.39 is 33.1 Å². The number of rotatable bonds is 5. The van der Waals surface area contributed by atoms with Crippen molar-refractivity contribution in [2.75, 3.05) is 18.0 Å². The van der Waals surface area contributed by atoms with E-state index in [1.54, 1.807) is 12.3 Å². The van der Waals surface area contributed by atoms with Gasteiger partial charge in [-0.2, -0.15) is 0 Å². The fourth-order valence-electron chi connectivity index (χ4n) is 2.77. The smallest absolute Gasteiger partial charge is 0.404 e. The molecule has 26 heavy (non-hydrogen) atoms. The van der Waals surface area contributed by atoms with Crippen LogP contribution in [0.5, 0.6) is 5.75 Å². The van der Waals surface area contributed by atoms with E-state index in [4.69, 9.17) is 0 Å². The Balaban J connectivity index is 1.74. The Morgan fingerprint density at radius 1 is 1.15 bits per heavy atom. The Morgan fingerprint density at radius 2 is 1.88 bits per heavy atom. The molecule has 1 unspecified atom stereocenters. The molecule has 0 spiro atoms. The van der Waals surface area contributed by atoms with Crippen molar-refractivity contribution < 1.29 is 26.3 Å². The molecule has 6 nitrogen and oxygen atoms in total. The van der Waals surface area contributed by atoms with E-state index >= 15 is 0 Å². The number of aromatic nitrogens is 1. The third kappa shape index (κ3) is 4.44. The predicted octanol–water partition coefficient (Wildman–Crippen LogP) is 2.54. The maximum Gasteiger partial charge on any atom is 0.573 e. The maximum atomic E-state index is 12.5. The molecule has 2 heterocycles. The highest BCUT2D eigenvalue weighted by molar-refractivity contribution is 7.89. The van der Waals surface area contributed by atoms with Crippen LogP contribution in [0.1, 0.15) is 6.42 Å². The van der Waals surface area contributed by atoms with E-state index in [1.807, 2.05) is 17.0 Å². The van der Waals surface area contributed by atoms with Gasteiger partial charge in [0.25, 0.3) is 0 Å². The Labute approximate surface area is 148 Å². The van der Waals surface area contributed by atoms with Crippen molar-refractivity contribution in [3.8, 4) is 5.75 Å². The van der Waals surface area contributed by atoms with E-state index in [-0.39, 0.29) is 0 Å². The molecule has 1 atom stereocenters. The number of ether oxygens (including phenoxy) is 1. The van der Waals surface area contributed by atoms with Gasteiger partial charge in [-0.3, -0.25) is 0 Å². The minimum atomic E-state index is -4.98. The van der Waals surface area contributed by atoms with Crippen LogP contribution >= 0.6 is 0 Å². The molecule has 0 aliphatic carbocycles. The van der Waals surface area contributed by atoms with Crippen molar-refractivity contribution >= 4 is 15.8 Å². The van der Waals surface area contributed by atoms with E-state index in [9.17, 15) is 21.6 Å². The second kappa shape index (κ2) is 7.12. The van der Waals surface area contributed by atoms with Crippen molar-refractivity contribution in [3.05, 3.63) is 48.7 Å². The van der Waals surface area contributed by atoms with Crippen molar-refractivity contribution in [2.45, 2.75) is 23.7 Å². The van der Waals surface area contributed by atoms with Gasteiger partial charge in [-0.15, -0.1) is 13.2 Å². The number of benzene rings is 1. The second-order valence-electron chi connectivity index (χ2n) is 5.74. The summed E-state index contributed by atoms with van der Waals surface area (Å²) in [5.74, 6) is -0.0397. The first-order chi connectivity index (χ1) is 12.2. The lowest BCUT2D eigenvalue weighted by molar-refractivity contribution is -0.275. The molecule has 0 radical (unpaired) electrons. The molecular formula is C16H16F3N3O3S. The number of anilines is 1. The fraction of sp³-hybridized carbons (Fsp3) is 0.312. The highest BCUT2D eigenvalue weighted by Crippen LogP contribution is 2.30. The molecule has 3 rings (SSSR count). The first kappa shape index (κ1) is 18.5. The first-order valence-electron chi connectivity index (χ1n) is 7.78. The summed E-state index contributed by atoms with van der Waals surface area (Å²) in [5.41, 5.74) is 0. The number of hydrogen-bond donors (Lipinski definition) is 1. The molecule has 1 aromatic heterocycles. The summed E-state index contributed by atoms with van der Waals surface area (Å²) in [6.07, 6.45) is -2.83. The quantitative estimate of drug-likeness (QED) is 0.854. The number of para-hydroxylation sites is 1. The van der Waals surface area contributed by atoms with Gasteiger partial charge < -0.3 is 9.64 Å². The summed E-state index contributed by atoms with van der Waals surface area (Å²) >= 11 is 0. The number of hydrogen-bond acceptors (Lipinski definition) is 5. The number of nitrogens with zero attached hydrogens (tertiary/aromatic N) is 2. The molecule has 0 saturated carbocycles. The molecule has 1 aliphatic rings. The third-order valence-corrected chi connectivity index (χ3v) is 5.41. The molecule has 10 heteroatoms. The third-order valence-electron chi connectivity index (χ3n) is 3.85. The minimum absolute atomic E-state index is 0.374. The van der Waals surface area contributed by atoms with Crippen molar-refractivity contribution in [3.63, 3.8) is 0 Å². The average Bonchev–Trinajstić information content (AvgIpc) is 3.02. The molecule has 2 aromatic rings. The van der Waals surface area contributed by atoms with Crippen LogP contribution in [0.4, 0.5) is 19.0 Å². The number of sulfonamides is 1. The van der Waals surface area contributed by atoms with Crippen LogP contribution in [-0.4, -0.2) is 38.9 Å². The first-order valence-corrected chi connectivity index (χ1v) is 9.26. The van der Waals surface area contributed by atoms with Crippen LogP contribution in [-0.2, 0) is 10.0 Å². The lowest BCUT2D eigenvalue weighted by Gasteiger charge is -2.18. The van der Waals surface area contributed by atoms with Crippen molar-refractivity contribution in [1.82, 2.24) is 9.71 Å². The van der Waals surface area contributed by atoms with E-state index in [1.165, 1.54) is 12.1 Å². The van der Waals surface area contributed by atoms with Crippen LogP contribution in [0, 0.1) is 0 Å². The normalized spacial score (nSPS) is 18.1. The molecule has 1 N–H and O–H groups in total. The Kier molecular flexibility index (Phi) is 5.05. The number of pyridine rings is 1. The molecule has 1 aliphatic heterocycles. The molecule has 1 fully saturated rings. The zero-order valence-corrected chi connectivity index (χ0v) is 14.3. The molecule has 1 aromatic carbocycles. The summed E-state index contributed by atoms with van der Waals surface area (Å²) in [5, 5.41) is 0. The average molecular weight is 387 g/mol. The summed E-state index contributed by atoms with van der Waals surface area (Å²) in [6, 6.07) is 9.63. The Morgan fingerprint density at radius 3 is 2.58 bits per heavy atom. The lowest BCUT2D eigenvalue weighted by atomic mass is 10.3. The predicted molar refractivity (Wildman–Crippen MR) is 88.3 cm³/mol.